The SMILES string of the molecule is C[C@H](N)c1cccnc1Oc1ccc(Cl)cc1[N+](=O)[O-]. The fraction of sp³-hybridized carbons (Fsp3) is 0.154. The number of halogens is 1. The first-order valence-electron chi connectivity index (χ1n) is 5.81. The van der Waals surface area contributed by atoms with Gasteiger partial charge in [-0.15, -0.1) is 0 Å². The largest absolute Gasteiger partial charge is 0.431 e. The van der Waals surface area contributed by atoms with Crippen LogP contribution in [0, 0.1) is 10.1 Å². The highest BCUT2D eigenvalue weighted by Crippen LogP contribution is 2.34. The van der Waals surface area contributed by atoms with Crippen LogP contribution in [-0.2, 0) is 0 Å². The molecule has 7 heteroatoms. The zero-order chi connectivity index (χ0) is 14.7. The summed E-state index contributed by atoms with van der Waals surface area (Å²) < 4.78 is 5.53. The molecule has 0 spiro atoms. The molecule has 0 radical (unpaired) electrons. The highest BCUT2D eigenvalue weighted by Gasteiger charge is 2.19. The van der Waals surface area contributed by atoms with Gasteiger partial charge in [0.15, 0.2) is 0 Å². The Kier molecular flexibility index (Phi) is 4.16. The number of hydrogen-bond acceptors (Lipinski definition) is 5. The summed E-state index contributed by atoms with van der Waals surface area (Å²) in [7, 11) is 0. The van der Waals surface area contributed by atoms with E-state index >= 15 is 0 Å². The van der Waals surface area contributed by atoms with Crippen molar-refractivity contribution in [1.82, 2.24) is 4.98 Å². The van der Waals surface area contributed by atoms with Crippen molar-refractivity contribution in [2.75, 3.05) is 0 Å². The fourth-order valence-corrected chi connectivity index (χ4v) is 1.83. The number of nitro groups is 1. The number of pyridine rings is 1. The van der Waals surface area contributed by atoms with Gasteiger partial charge in [0.1, 0.15) is 0 Å². The Hall–Kier alpha value is -2.18. The Labute approximate surface area is 120 Å². The molecule has 0 saturated heterocycles. The van der Waals surface area contributed by atoms with Crippen molar-refractivity contribution in [2.45, 2.75) is 13.0 Å². The number of nitrogens with zero attached hydrogens (tertiary/aromatic N) is 2. The molecule has 0 saturated carbocycles. The quantitative estimate of drug-likeness (QED) is 0.688. The third-order valence-electron chi connectivity index (χ3n) is 2.62. The van der Waals surface area contributed by atoms with Crippen molar-refractivity contribution >= 4 is 17.3 Å². The molecule has 6 nitrogen and oxygen atoms in total. The van der Waals surface area contributed by atoms with Gasteiger partial charge in [0.25, 0.3) is 0 Å². The van der Waals surface area contributed by atoms with Crippen LogP contribution in [0.4, 0.5) is 5.69 Å². The van der Waals surface area contributed by atoms with E-state index in [0.717, 1.165) is 0 Å². The normalized spacial score (nSPS) is 11.9. The van der Waals surface area contributed by atoms with E-state index in [1.807, 2.05) is 0 Å². The second kappa shape index (κ2) is 5.85. The Balaban J connectivity index is 2.43. The molecular formula is C13H12ClN3O3. The summed E-state index contributed by atoms with van der Waals surface area (Å²) in [5.41, 5.74) is 6.26. The van der Waals surface area contributed by atoms with Crippen LogP contribution in [-0.4, -0.2) is 9.91 Å². The van der Waals surface area contributed by atoms with Crippen molar-refractivity contribution < 1.29 is 9.66 Å². The molecule has 104 valence electrons. The van der Waals surface area contributed by atoms with Crippen LogP contribution in [0.25, 0.3) is 0 Å². The maximum Gasteiger partial charge on any atom is 0.313 e. The monoisotopic (exact) mass is 293 g/mol. The molecule has 1 aromatic carbocycles. The Morgan fingerprint density at radius 3 is 2.85 bits per heavy atom. The molecule has 0 aliphatic rings. The third-order valence-corrected chi connectivity index (χ3v) is 2.85. The maximum absolute atomic E-state index is 11.0. The van der Waals surface area contributed by atoms with Gasteiger partial charge in [-0.2, -0.15) is 0 Å². The molecule has 1 heterocycles. The van der Waals surface area contributed by atoms with Gasteiger partial charge >= 0.3 is 5.69 Å². The van der Waals surface area contributed by atoms with Gasteiger partial charge in [-0.25, -0.2) is 4.98 Å². The van der Waals surface area contributed by atoms with Crippen LogP contribution >= 0.6 is 11.6 Å². The van der Waals surface area contributed by atoms with E-state index in [0.29, 0.717) is 5.56 Å². The molecule has 0 unspecified atom stereocenters. The van der Waals surface area contributed by atoms with Crippen LogP contribution < -0.4 is 10.5 Å². The highest BCUT2D eigenvalue weighted by atomic mass is 35.5. The summed E-state index contributed by atoms with van der Waals surface area (Å²) in [5, 5.41) is 11.3. The molecule has 0 bridgehead atoms. The van der Waals surface area contributed by atoms with E-state index in [9.17, 15) is 10.1 Å². The Bertz CT molecular complexity index is 647. The number of rotatable bonds is 4. The lowest BCUT2D eigenvalue weighted by Gasteiger charge is -2.12. The van der Waals surface area contributed by atoms with Gasteiger partial charge in [0, 0.05) is 28.9 Å². The van der Waals surface area contributed by atoms with Gasteiger partial charge < -0.3 is 10.5 Å². The van der Waals surface area contributed by atoms with Crippen LogP contribution in [0.1, 0.15) is 18.5 Å². The van der Waals surface area contributed by atoms with E-state index in [-0.39, 0.29) is 28.4 Å². The Morgan fingerprint density at radius 1 is 1.45 bits per heavy atom. The second-order valence-electron chi connectivity index (χ2n) is 4.16. The molecular weight excluding hydrogens is 282 g/mol. The zero-order valence-electron chi connectivity index (χ0n) is 10.6. The van der Waals surface area contributed by atoms with Crippen molar-refractivity contribution in [1.29, 1.82) is 0 Å². The van der Waals surface area contributed by atoms with E-state index in [4.69, 9.17) is 22.1 Å². The fourth-order valence-electron chi connectivity index (χ4n) is 1.66. The summed E-state index contributed by atoms with van der Waals surface area (Å²) in [6, 6.07) is 7.35. The highest BCUT2D eigenvalue weighted by molar-refractivity contribution is 6.30. The minimum absolute atomic E-state index is 0.0694. The number of hydrogen-bond donors (Lipinski definition) is 1. The van der Waals surface area contributed by atoms with Gasteiger partial charge in [-0.1, -0.05) is 17.7 Å². The minimum Gasteiger partial charge on any atom is -0.431 e. The number of ether oxygens (including phenoxy) is 1. The minimum atomic E-state index is -0.560. The van der Waals surface area contributed by atoms with Gasteiger partial charge in [0.2, 0.25) is 11.6 Å². The summed E-state index contributed by atoms with van der Waals surface area (Å²) in [6.45, 7) is 1.78. The van der Waals surface area contributed by atoms with E-state index in [1.165, 1.54) is 24.4 Å². The predicted octanol–water partition coefficient (Wildman–Crippen LogP) is 3.46. The molecule has 2 aromatic rings. The molecule has 0 aliphatic heterocycles. The average molecular weight is 294 g/mol. The second-order valence-corrected chi connectivity index (χ2v) is 4.59. The van der Waals surface area contributed by atoms with E-state index in [1.54, 1.807) is 19.1 Å². The molecule has 0 amide bonds. The first-order chi connectivity index (χ1) is 9.49. The summed E-state index contributed by atoms with van der Waals surface area (Å²) >= 11 is 5.75. The molecule has 1 aromatic heterocycles. The molecule has 2 rings (SSSR count). The standard InChI is InChI=1S/C13H12ClN3O3/c1-8(15)10-3-2-6-16-13(10)20-12-5-4-9(14)7-11(12)17(18)19/h2-8H,15H2,1H3/t8-/m0/s1. The third kappa shape index (κ3) is 3.04. The zero-order valence-corrected chi connectivity index (χ0v) is 11.4. The van der Waals surface area contributed by atoms with Crippen molar-refractivity contribution in [2.24, 2.45) is 5.73 Å². The summed E-state index contributed by atoms with van der Waals surface area (Å²) in [6.07, 6.45) is 1.53. The van der Waals surface area contributed by atoms with Crippen LogP contribution in [0.5, 0.6) is 11.6 Å². The predicted molar refractivity (Wildman–Crippen MR) is 75.0 cm³/mol. The number of nitro benzene ring substituents is 1. The Morgan fingerprint density at radius 2 is 2.20 bits per heavy atom. The first-order valence-corrected chi connectivity index (χ1v) is 6.19. The first kappa shape index (κ1) is 14.2. The van der Waals surface area contributed by atoms with Crippen molar-refractivity contribution in [3.8, 4) is 11.6 Å². The summed E-state index contributed by atoms with van der Waals surface area (Å²) in [4.78, 5) is 14.5. The van der Waals surface area contributed by atoms with E-state index in [2.05, 4.69) is 4.98 Å². The average Bonchev–Trinajstić information content (AvgIpc) is 2.41. The number of benzene rings is 1. The van der Waals surface area contributed by atoms with Crippen LogP contribution in [0.15, 0.2) is 36.5 Å². The van der Waals surface area contributed by atoms with E-state index < -0.39 is 4.92 Å². The lowest BCUT2D eigenvalue weighted by Crippen LogP contribution is -2.07. The van der Waals surface area contributed by atoms with Crippen molar-refractivity contribution in [3.05, 3.63) is 57.2 Å². The molecule has 2 N–H and O–H groups in total. The number of aromatic nitrogens is 1. The lowest BCUT2D eigenvalue weighted by atomic mass is 10.1. The molecule has 0 fully saturated rings. The van der Waals surface area contributed by atoms with Crippen LogP contribution in [0.3, 0.4) is 0 Å². The van der Waals surface area contributed by atoms with Crippen LogP contribution in [0.2, 0.25) is 5.02 Å². The van der Waals surface area contributed by atoms with Gasteiger partial charge in [0.05, 0.1) is 4.92 Å². The topological polar surface area (TPSA) is 91.3 Å². The number of nitrogens with two attached hydrogens (primary N) is 1. The molecule has 0 aliphatic carbocycles. The smallest absolute Gasteiger partial charge is 0.313 e. The lowest BCUT2D eigenvalue weighted by molar-refractivity contribution is -0.385. The van der Waals surface area contributed by atoms with Crippen molar-refractivity contribution in [3.63, 3.8) is 0 Å². The molecule has 20 heavy (non-hydrogen) atoms. The maximum atomic E-state index is 11.0. The van der Waals surface area contributed by atoms with Gasteiger partial charge in [-0.3, -0.25) is 10.1 Å². The summed E-state index contributed by atoms with van der Waals surface area (Å²) in [5.74, 6) is 0.313. The van der Waals surface area contributed by atoms with Gasteiger partial charge in [-0.05, 0) is 25.1 Å². The molecule has 1 atom stereocenters.